The molecule has 0 saturated carbocycles. The van der Waals surface area contributed by atoms with Gasteiger partial charge in [0.15, 0.2) is 5.13 Å². The maximum Gasteiger partial charge on any atom is 0.260 e. The number of morpholine rings is 1. The molecule has 29 heavy (non-hydrogen) atoms. The van der Waals surface area contributed by atoms with Gasteiger partial charge >= 0.3 is 0 Å². The Kier molecular flexibility index (Phi) is 7.55. The summed E-state index contributed by atoms with van der Waals surface area (Å²) < 4.78 is 19.7. The lowest BCUT2D eigenvalue weighted by Crippen LogP contribution is -2.39. The average molecular weight is 436 g/mol. The second-order valence-electron chi connectivity index (χ2n) is 6.74. The first-order valence-corrected chi connectivity index (χ1v) is 10.3. The SMILES string of the molecule is Cl.O=C(c1ccccc1)N(CCCN1CCOCC1)c1nc2ccc(F)cc2s1. The third-order valence-electron chi connectivity index (χ3n) is 4.80. The van der Waals surface area contributed by atoms with E-state index in [1.165, 1.54) is 23.5 Å². The second-order valence-corrected chi connectivity index (χ2v) is 7.75. The van der Waals surface area contributed by atoms with Gasteiger partial charge < -0.3 is 4.74 Å². The molecule has 0 unspecified atom stereocenters. The first kappa shape index (κ1) is 21.6. The quantitative estimate of drug-likeness (QED) is 0.581. The molecular formula is C21H23ClFN3O2S. The summed E-state index contributed by atoms with van der Waals surface area (Å²) in [6.45, 7) is 4.83. The molecule has 0 N–H and O–H groups in total. The first-order chi connectivity index (χ1) is 13.7. The summed E-state index contributed by atoms with van der Waals surface area (Å²) in [6.07, 6.45) is 0.836. The molecule has 0 radical (unpaired) electrons. The number of hydrogen-bond donors (Lipinski definition) is 0. The van der Waals surface area contributed by atoms with Gasteiger partial charge in [-0.3, -0.25) is 14.6 Å². The van der Waals surface area contributed by atoms with Crippen molar-refractivity contribution in [1.82, 2.24) is 9.88 Å². The number of thiazole rings is 1. The number of benzene rings is 2. The summed E-state index contributed by atoms with van der Waals surface area (Å²) in [5, 5.41) is 0.608. The van der Waals surface area contributed by atoms with E-state index in [1.807, 2.05) is 30.3 Å². The Balaban J connectivity index is 0.00000240. The van der Waals surface area contributed by atoms with Crippen LogP contribution in [0.2, 0.25) is 0 Å². The molecule has 154 valence electrons. The van der Waals surface area contributed by atoms with Crippen molar-refractivity contribution < 1.29 is 13.9 Å². The van der Waals surface area contributed by atoms with Gasteiger partial charge in [-0.25, -0.2) is 9.37 Å². The lowest BCUT2D eigenvalue weighted by atomic mass is 10.2. The van der Waals surface area contributed by atoms with E-state index in [1.54, 1.807) is 11.0 Å². The van der Waals surface area contributed by atoms with E-state index in [0.29, 0.717) is 22.8 Å². The number of fused-ring (bicyclic) bond motifs is 1. The highest BCUT2D eigenvalue weighted by atomic mass is 35.5. The molecule has 5 nitrogen and oxygen atoms in total. The number of hydrogen-bond acceptors (Lipinski definition) is 5. The van der Waals surface area contributed by atoms with Gasteiger partial charge in [0.25, 0.3) is 5.91 Å². The molecule has 1 fully saturated rings. The van der Waals surface area contributed by atoms with E-state index in [4.69, 9.17) is 4.74 Å². The molecule has 0 aliphatic carbocycles. The molecule has 2 heterocycles. The van der Waals surface area contributed by atoms with E-state index < -0.39 is 0 Å². The van der Waals surface area contributed by atoms with Crippen LogP contribution in [0.3, 0.4) is 0 Å². The normalized spacial score (nSPS) is 14.5. The van der Waals surface area contributed by atoms with Crippen molar-refractivity contribution in [2.75, 3.05) is 44.3 Å². The highest BCUT2D eigenvalue weighted by Crippen LogP contribution is 2.30. The topological polar surface area (TPSA) is 45.7 Å². The summed E-state index contributed by atoms with van der Waals surface area (Å²) in [7, 11) is 0. The predicted octanol–water partition coefficient (Wildman–Crippen LogP) is 4.23. The predicted molar refractivity (Wildman–Crippen MR) is 117 cm³/mol. The Morgan fingerprint density at radius 3 is 2.69 bits per heavy atom. The highest BCUT2D eigenvalue weighted by Gasteiger charge is 2.21. The van der Waals surface area contributed by atoms with Gasteiger partial charge in [0.1, 0.15) is 5.82 Å². The van der Waals surface area contributed by atoms with Gasteiger partial charge in [0, 0.05) is 31.7 Å². The monoisotopic (exact) mass is 435 g/mol. The minimum atomic E-state index is -0.295. The maximum atomic E-state index is 13.6. The number of nitrogens with zero attached hydrogens (tertiary/aromatic N) is 3. The first-order valence-electron chi connectivity index (χ1n) is 9.44. The van der Waals surface area contributed by atoms with Gasteiger partial charge in [0.05, 0.1) is 23.4 Å². The zero-order valence-corrected chi connectivity index (χ0v) is 17.6. The van der Waals surface area contributed by atoms with Gasteiger partial charge in [-0.1, -0.05) is 29.5 Å². The Hall–Kier alpha value is -2.06. The van der Waals surface area contributed by atoms with Crippen LogP contribution in [-0.2, 0) is 4.74 Å². The van der Waals surface area contributed by atoms with Crippen LogP contribution >= 0.6 is 23.7 Å². The number of ether oxygens (including phenoxy) is 1. The van der Waals surface area contributed by atoms with Gasteiger partial charge in [-0.15, -0.1) is 12.4 Å². The van der Waals surface area contributed by atoms with Crippen LogP contribution in [0, 0.1) is 5.82 Å². The molecule has 0 bridgehead atoms. The van der Waals surface area contributed by atoms with Crippen LogP contribution in [-0.4, -0.2) is 55.2 Å². The lowest BCUT2D eigenvalue weighted by Gasteiger charge is -2.27. The van der Waals surface area contributed by atoms with Gasteiger partial charge in [-0.2, -0.15) is 0 Å². The van der Waals surface area contributed by atoms with E-state index in [-0.39, 0.29) is 24.1 Å². The Bertz CT molecular complexity index is 948. The molecule has 1 aliphatic rings. The van der Waals surface area contributed by atoms with Crippen LogP contribution in [0.5, 0.6) is 0 Å². The van der Waals surface area contributed by atoms with Crippen molar-refractivity contribution in [2.45, 2.75) is 6.42 Å². The van der Waals surface area contributed by atoms with E-state index >= 15 is 0 Å². The number of aromatic nitrogens is 1. The average Bonchev–Trinajstić information content (AvgIpc) is 3.15. The fraction of sp³-hybridized carbons (Fsp3) is 0.333. The molecule has 4 rings (SSSR count). The number of carbonyl (C=O) groups is 1. The van der Waals surface area contributed by atoms with Crippen LogP contribution in [0.25, 0.3) is 10.2 Å². The zero-order chi connectivity index (χ0) is 19.3. The van der Waals surface area contributed by atoms with Crippen molar-refractivity contribution >= 4 is 45.0 Å². The zero-order valence-electron chi connectivity index (χ0n) is 15.9. The van der Waals surface area contributed by atoms with Crippen LogP contribution in [0.15, 0.2) is 48.5 Å². The molecule has 1 aromatic heterocycles. The molecule has 3 aromatic rings. The highest BCUT2D eigenvalue weighted by molar-refractivity contribution is 7.22. The van der Waals surface area contributed by atoms with Gasteiger partial charge in [0.2, 0.25) is 0 Å². The summed E-state index contributed by atoms with van der Waals surface area (Å²) in [5.41, 5.74) is 1.33. The minimum Gasteiger partial charge on any atom is -0.379 e. The molecule has 1 saturated heterocycles. The standard InChI is InChI=1S/C21H22FN3O2S.ClH/c22-17-7-8-18-19(15-17)28-21(23-18)25(20(26)16-5-2-1-3-6-16)10-4-9-24-11-13-27-14-12-24;/h1-3,5-8,15H,4,9-14H2;1H. The molecule has 8 heteroatoms. The lowest BCUT2D eigenvalue weighted by molar-refractivity contribution is 0.0376. The summed E-state index contributed by atoms with van der Waals surface area (Å²) in [5.74, 6) is -0.377. The van der Waals surface area contributed by atoms with E-state index in [2.05, 4.69) is 9.88 Å². The fourth-order valence-corrected chi connectivity index (χ4v) is 4.31. The van der Waals surface area contributed by atoms with Crippen molar-refractivity contribution in [3.63, 3.8) is 0 Å². The van der Waals surface area contributed by atoms with Crippen molar-refractivity contribution in [3.8, 4) is 0 Å². The van der Waals surface area contributed by atoms with Crippen LogP contribution in [0.1, 0.15) is 16.8 Å². The number of amides is 1. The molecule has 0 spiro atoms. The fourth-order valence-electron chi connectivity index (χ4n) is 3.30. The summed E-state index contributed by atoms with van der Waals surface area (Å²) in [4.78, 5) is 21.8. The van der Waals surface area contributed by atoms with Gasteiger partial charge in [-0.05, 0) is 36.8 Å². The number of anilines is 1. The molecule has 1 aliphatic heterocycles. The number of halogens is 2. The van der Waals surface area contributed by atoms with Crippen LogP contribution in [0.4, 0.5) is 9.52 Å². The van der Waals surface area contributed by atoms with E-state index in [0.717, 1.165) is 44.0 Å². The molecule has 1 amide bonds. The Morgan fingerprint density at radius 2 is 1.93 bits per heavy atom. The molecule has 0 atom stereocenters. The van der Waals surface area contributed by atoms with Crippen molar-refractivity contribution in [2.24, 2.45) is 0 Å². The third kappa shape index (κ3) is 5.30. The Morgan fingerprint density at radius 1 is 1.17 bits per heavy atom. The minimum absolute atomic E-state index is 0. The number of rotatable bonds is 6. The molecule has 2 aromatic carbocycles. The second kappa shape index (κ2) is 10.1. The third-order valence-corrected chi connectivity index (χ3v) is 5.84. The largest absolute Gasteiger partial charge is 0.379 e. The Labute approximate surface area is 179 Å². The number of carbonyl (C=O) groups excluding carboxylic acids is 1. The smallest absolute Gasteiger partial charge is 0.260 e. The summed E-state index contributed by atoms with van der Waals surface area (Å²) in [6, 6.07) is 13.7. The molecular weight excluding hydrogens is 413 g/mol. The van der Waals surface area contributed by atoms with Crippen molar-refractivity contribution in [3.05, 3.63) is 59.9 Å². The van der Waals surface area contributed by atoms with E-state index in [9.17, 15) is 9.18 Å². The summed E-state index contributed by atoms with van der Waals surface area (Å²) >= 11 is 1.35. The van der Waals surface area contributed by atoms with Crippen LogP contribution < -0.4 is 4.90 Å². The van der Waals surface area contributed by atoms with Crippen molar-refractivity contribution in [1.29, 1.82) is 0 Å². The maximum absolute atomic E-state index is 13.6.